The first-order valence-electron chi connectivity index (χ1n) is 9.09. The molecule has 0 bridgehead atoms. The maximum absolute atomic E-state index is 12.7. The molecule has 3 rings (SSSR count). The van der Waals surface area contributed by atoms with Gasteiger partial charge in [0.15, 0.2) is 5.78 Å². The fraction of sp³-hybridized carbons (Fsp3) is 0.400. The van der Waals surface area contributed by atoms with Gasteiger partial charge in [-0.2, -0.15) is 0 Å². The first kappa shape index (κ1) is 18.0. The molecule has 1 aliphatic rings. The lowest BCUT2D eigenvalue weighted by atomic mass is 10.00. The number of ketones is 1. The van der Waals surface area contributed by atoms with Crippen molar-refractivity contribution in [3.8, 4) is 0 Å². The highest BCUT2D eigenvalue weighted by molar-refractivity contribution is 5.95. The lowest BCUT2D eigenvalue weighted by molar-refractivity contribution is 0.0601. The second kappa shape index (κ2) is 8.08. The van der Waals surface area contributed by atoms with Crippen LogP contribution in [0, 0.1) is 0 Å². The molecule has 1 aliphatic heterocycles. The number of piperidine rings is 1. The predicted molar refractivity (Wildman–Crippen MR) is 101 cm³/mol. The van der Waals surface area contributed by atoms with Crippen LogP contribution in [0.5, 0.6) is 0 Å². The number of Topliss-reactive ketones (excluding diaryl/α,β-unsaturated/α-hetero) is 1. The summed E-state index contributed by atoms with van der Waals surface area (Å²) < 4.78 is 0. The molecule has 1 aromatic heterocycles. The molecule has 1 saturated heterocycles. The summed E-state index contributed by atoms with van der Waals surface area (Å²) in [4.78, 5) is 34.7. The quantitative estimate of drug-likeness (QED) is 0.828. The molecule has 26 heavy (non-hydrogen) atoms. The maximum Gasteiger partial charge on any atom is 0.274 e. The van der Waals surface area contributed by atoms with Crippen LogP contribution in [-0.2, 0) is 0 Å². The van der Waals surface area contributed by atoms with Gasteiger partial charge < -0.3 is 10.2 Å². The smallest absolute Gasteiger partial charge is 0.274 e. The summed E-state index contributed by atoms with van der Waals surface area (Å²) in [5.41, 5.74) is 1.76. The van der Waals surface area contributed by atoms with Crippen LogP contribution in [0.3, 0.4) is 0 Å². The Morgan fingerprint density at radius 3 is 2.77 bits per heavy atom. The van der Waals surface area contributed by atoms with Gasteiger partial charge in [-0.3, -0.25) is 9.59 Å². The zero-order valence-electron chi connectivity index (χ0n) is 15.2. The lowest BCUT2D eigenvalue weighted by Gasteiger charge is -2.34. The predicted octanol–water partition coefficient (Wildman–Crippen LogP) is 3.83. The van der Waals surface area contributed by atoms with E-state index in [-0.39, 0.29) is 11.7 Å². The van der Waals surface area contributed by atoms with Crippen LogP contribution in [0.2, 0.25) is 0 Å². The number of amides is 1. The molecule has 0 radical (unpaired) electrons. The van der Waals surface area contributed by atoms with Gasteiger partial charge in [0.1, 0.15) is 11.5 Å². The van der Waals surface area contributed by atoms with Gasteiger partial charge in [0.05, 0.1) is 12.4 Å². The Morgan fingerprint density at radius 1 is 1.23 bits per heavy atom. The van der Waals surface area contributed by atoms with Crippen LogP contribution in [0.15, 0.2) is 36.7 Å². The zero-order valence-corrected chi connectivity index (χ0v) is 15.2. The van der Waals surface area contributed by atoms with E-state index in [9.17, 15) is 9.59 Å². The van der Waals surface area contributed by atoms with E-state index in [1.165, 1.54) is 19.5 Å². The minimum atomic E-state index is -0.0471. The second-order valence-corrected chi connectivity index (χ2v) is 6.61. The van der Waals surface area contributed by atoms with Crippen molar-refractivity contribution < 1.29 is 9.59 Å². The molecule has 0 spiro atoms. The van der Waals surface area contributed by atoms with E-state index in [0.717, 1.165) is 31.5 Å². The number of likely N-dealkylation sites (tertiary alicyclic amines) is 1. The van der Waals surface area contributed by atoms with Gasteiger partial charge in [0.2, 0.25) is 0 Å². The fourth-order valence-electron chi connectivity index (χ4n) is 3.31. The van der Waals surface area contributed by atoms with Crippen molar-refractivity contribution in [2.45, 2.75) is 45.6 Å². The normalized spacial score (nSPS) is 17.0. The third-order valence-electron chi connectivity index (χ3n) is 4.77. The third-order valence-corrected chi connectivity index (χ3v) is 4.77. The monoisotopic (exact) mass is 352 g/mol. The molecule has 1 unspecified atom stereocenters. The highest BCUT2D eigenvalue weighted by Crippen LogP contribution is 2.21. The Labute approximate surface area is 153 Å². The molecule has 1 amide bonds. The van der Waals surface area contributed by atoms with Gasteiger partial charge in [0, 0.05) is 23.8 Å². The van der Waals surface area contributed by atoms with Gasteiger partial charge in [-0.1, -0.05) is 19.1 Å². The van der Waals surface area contributed by atoms with Crippen LogP contribution in [0.25, 0.3) is 0 Å². The molecule has 2 heterocycles. The fourth-order valence-corrected chi connectivity index (χ4v) is 3.31. The van der Waals surface area contributed by atoms with Gasteiger partial charge in [-0.15, -0.1) is 0 Å². The second-order valence-electron chi connectivity index (χ2n) is 6.61. The first-order chi connectivity index (χ1) is 12.6. The van der Waals surface area contributed by atoms with Crippen molar-refractivity contribution in [1.29, 1.82) is 0 Å². The number of carbonyl (C=O) groups is 2. The van der Waals surface area contributed by atoms with Crippen LogP contribution in [0.4, 0.5) is 11.5 Å². The maximum atomic E-state index is 12.7. The summed E-state index contributed by atoms with van der Waals surface area (Å²) in [6.07, 6.45) is 7.31. The summed E-state index contributed by atoms with van der Waals surface area (Å²) in [7, 11) is 0. The van der Waals surface area contributed by atoms with E-state index < -0.39 is 0 Å². The van der Waals surface area contributed by atoms with Gasteiger partial charge >= 0.3 is 0 Å². The zero-order chi connectivity index (χ0) is 18.5. The number of nitrogens with one attached hydrogen (secondary N) is 1. The number of nitrogens with zero attached hydrogens (tertiary/aromatic N) is 3. The number of rotatable bonds is 5. The molecule has 1 aromatic carbocycles. The number of hydrogen-bond donors (Lipinski definition) is 1. The Kier molecular flexibility index (Phi) is 5.61. The highest BCUT2D eigenvalue weighted by Gasteiger charge is 2.27. The number of anilines is 2. The summed E-state index contributed by atoms with van der Waals surface area (Å²) in [6, 6.07) is 7.50. The van der Waals surface area contributed by atoms with Crippen molar-refractivity contribution in [3.63, 3.8) is 0 Å². The largest absolute Gasteiger partial charge is 0.339 e. The van der Waals surface area contributed by atoms with E-state index in [4.69, 9.17) is 0 Å². The average molecular weight is 352 g/mol. The van der Waals surface area contributed by atoms with Crippen molar-refractivity contribution >= 4 is 23.2 Å². The van der Waals surface area contributed by atoms with Crippen LogP contribution < -0.4 is 5.32 Å². The number of carbonyl (C=O) groups excluding carboxylic acids is 2. The van der Waals surface area contributed by atoms with E-state index in [1.807, 2.05) is 17.0 Å². The molecule has 0 aliphatic carbocycles. The number of hydrogen-bond acceptors (Lipinski definition) is 5. The molecular weight excluding hydrogens is 328 g/mol. The van der Waals surface area contributed by atoms with Gasteiger partial charge in [0.25, 0.3) is 5.91 Å². The lowest BCUT2D eigenvalue weighted by Crippen LogP contribution is -2.43. The van der Waals surface area contributed by atoms with Gasteiger partial charge in [-0.05, 0) is 44.7 Å². The Balaban J connectivity index is 1.71. The van der Waals surface area contributed by atoms with E-state index in [0.29, 0.717) is 23.1 Å². The summed E-state index contributed by atoms with van der Waals surface area (Å²) in [5, 5.41) is 3.11. The highest BCUT2D eigenvalue weighted by atomic mass is 16.2. The topological polar surface area (TPSA) is 75.2 Å². The SMILES string of the molecule is CCC1CCCCN1C(=O)c1cnc(Nc2cccc(C(C)=O)c2)cn1. The standard InChI is InChI=1S/C20H24N4O2/c1-3-17-9-4-5-10-24(17)20(26)18-12-22-19(13-21-18)23-16-8-6-7-15(11-16)14(2)25/h6-8,11-13,17H,3-5,9-10H2,1-2H3,(H,22,23). The van der Waals surface area contributed by atoms with E-state index >= 15 is 0 Å². The van der Waals surface area contributed by atoms with Crippen LogP contribution >= 0.6 is 0 Å². The number of aromatic nitrogens is 2. The minimum absolute atomic E-state index is 0.00712. The van der Waals surface area contributed by atoms with Crippen molar-refractivity contribution in [2.24, 2.45) is 0 Å². The molecule has 1 atom stereocenters. The molecule has 0 saturated carbocycles. The van der Waals surface area contributed by atoms with Crippen LogP contribution in [-0.4, -0.2) is 39.1 Å². The third kappa shape index (κ3) is 4.07. The van der Waals surface area contributed by atoms with Crippen molar-refractivity contribution in [1.82, 2.24) is 14.9 Å². The Bertz CT molecular complexity index is 789. The average Bonchev–Trinajstić information content (AvgIpc) is 2.68. The minimum Gasteiger partial charge on any atom is -0.339 e. The molecule has 1 fully saturated rings. The molecule has 136 valence electrons. The van der Waals surface area contributed by atoms with Crippen molar-refractivity contribution in [3.05, 3.63) is 47.9 Å². The Hall–Kier alpha value is -2.76. The molecule has 1 N–H and O–H groups in total. The first-order valence-corrected chi connectivity index (χ1v) is 9.09. The van der Waals surface area contributed by atoms with E-state index in [2.05, 4.69) is 22.2 Å². The molecule has 6 heteroatoms. The van der Waals surface area contributed by atoms with Crippen molar-refractivity contribution in [2.75, 3.05) is 11.9 Å². The van der Waals surface area contributed by atoms with Crippen LogP contribution in [0.1, 0.15) is 60.4 Å². The molecule has 6 nitrogen and oxygen atoms in total. The molecular formula is C20H24N4O2. The Morgan fingerprint density at radius 2 is 2.08 bits per heavy atom. The van der Waals surface area contributed by atoms with E-state index in [1.54, 1.807) is 18.3 Å². The summed E-state index contributed by atoms with van der Waals surface area (Å²) in [5.74, 6) is 0.495. The summed E-state index contributed by atoms with van der Waals surface area (Å²) in [6.45, 7) is 4.43. The number of benzene rings is 1. The van der Waals surface area contributed by atoms with Gasteiger partial charge in [-0.25, -0.2) is 9.97 Å². The summed E-state index contributed by atoms with van der Waals surface area (Å²) >= 11 is 0. The molecule has 2 aromatic rings.